The number of hydrogen-bond donors (Lipinski definition) is 2. The Kier molecular flexibility index (Phi) is 11.7. The van der Waals surface area contributed by atoms with Crippen molar-refractivity contribution in [3.05, 3.63) is 36.0 Å². The van der Waals surface area contributed by atoms with Gasteiger partial charge in [0.25, 0.3) is 5.91 Å². The van der Waals surface area contributed by atoms with Gasteiger partial charge in [-0.05, 0) is 55.1 Å². The van der Waals surface area contributed by atoms with E-state index in [1.54, 1.807) is 7.11 Å². The molecule has 43 heavy (non-hydrogen) atoms. The van der Waals surface area contributed by atoms with Crippen LogP contribution in [-0.2, 0) is 30.4 Å². The molecule has 0 radical (unpaired) electrons. The van der Waals surface area contributed by atoms with Crippen LogP contribution in [0.3, 0.4) is 0 Å². The number of likely N-dealkylation sites (tertiary alicyclic amines) is 1. The van der Waals surface area contributed by atoms with Gasteiger partial charge in [-0.1, -0.05) is 59.2 Å². The van der Waals surface area contributed by atoms with Crippen molar-refractivity contribution < 1.29 is 24.0 Å². The Labute approximate surface area is 257 Å². The molecule has 2 N–H and O–H groups in total. The number of ether oxygens (including phenoxy) is 1. The van der Waals surface area contributed by atoms with Crippen LogP contribution in [0.1, 0.15) is 78.7 Å². The van der Waals surface area contributed by atoms with Crippen molar-refractivity contribution in [2.75, 3.05) is 26.8 Å². The van der Waals surface area contributed by atoms with Crippen LogP contribution in [-0.4, -0.2) is 77.7 Å². The second kappa shape index (κ2) is 15.2. The summed E-state index contributed by atoms with van der Waals surface area (Å²) in [6.45, 7) is 12.2. The van der Waals surface area contributed by atoms with Gasteiger partial charge in [0.05, 0.1) is 19.1 Å². The highest BCUT2D eigenvalue weighted by Gasteiger charge is 2.39. The van der Waals surface area contributed by atoms with Crippen molar-refractivity contribution in [2.24, 2.45) is 23.7 Å². The maximum atomic E-state index is 13.8. The summed E-state index contributed by atoms with van der Waals surface area (Å²) in [4.78, 5) is 51.9. The lowest BCUT2D eigenvalue weighted by Crippen LogP contribution is -2.53. The Morgan fingerprint density at radius 2 is 1.86 bits per heavy atom. The third kappa shape index (κ3) is 7.79. The molecule has 1 unspecified atom stereocenters. The summed E-state index contributed by atoms with van der Waals surface area (Å²) in [7, 11) is 1.69. The Hall–Kier alpha value is -2.91. The van der Waals surface area contributed by atoms with Crippen LogP contribution >= 0.6 is 0 Å². The number of para-hydroxylation sites is 1. The van der Waals surface area contributed by atoms with Crippen molar-refractivity contribution in [3.8, 4) is 0 Å². The predicted octanol–water partition coefficient (Wildman–Crippen LogP) is 5.10. The SMILES string of the molecule is CC[C@H](C)[C@H](C)[C@@H](CC(=O)N1CCCC1[C@H](C)[C@@H](C)C(=O)N[C@@H](Cc1c[nH]c2ccccc12)C(=O)N1CCCCO1)OC. The molecule has 3 amide bonds. The van der Waals surface area contributed by atoms with E-state index in [0.717, 1.165) is 48.6 Å². The molecule has 0 saturated carbocycles. The van der Waals surface area contributed by atoms with Crippen LogP contribution in [0, 0.1) is 23.7 Å². The normalized spacial score (nSPS) is 21.7. The fourth-order valence-electron chi connectivity index (χ4n) is 6.70. The van der Waals surface area contributed by atoms with Crippen LogP contribution in [0.5, 0.6) is 0 Å². The molecule has 3 heterocycles. The highest BCUT2D eigenvalue weighted by Crippen LogP contribution is 2.31. The molecule has 1 aromatic carbocycles. The number of rotatable bonds is 13. The first-order valence-electron chi connectivity index (χ1n) is 16.3. The van der Waals surface area contributed by atoms with Gasteiger partial charge in [-0.3, -0.25) is 19.2 Å². The number of nitrogens with one attached hydrogen (secondary N) is 2. The number of benzene rings is 1. The first-order valence-corrected chi connectivity index (χ1v) is 16.3. The van der Waals surface area contributed by atoms with E-state index in [1.165, 1.54) is 5.06 Å². The first-order chi connectivity index (χ1) is 20.7. The molecule has 9 nitrogen and oxygen atoms in total. The van der Waals surface area contributed by atoms with Crippen LogP contribution < -0.4 is 5.32 Å². The van der Waals surface area contributed by atoms with E-state index < -0.39 is 12.0 Å². The molecule has 2 fully saturated rings. The minimum absolute atomic E-state index is 0.0298. The number of carbonyl (C=O) groups excluding carboxylic acids is 3. The fraction of sp³-hybridized carbons (Fsp3) is 0.676. The third-order valence-corrected chi connectivity index (χ3v) is 10.2. The second-order valence-electron chi connectivity index (χ2n) is 12.8. The molecule has 2 saturated heterocycles. The van der Waals surface area contributed by atoms with E-state index in [1.807, 2.05) is 42.3 Å². The maximum Gasteiger partial charge on any atom is 0.269 e. The number of aromatic nitrogens is 1. The molecule has 0 aliphatic carbocycles. The quantitative estimate of drug-likeness (QED) is 0.335. The number of fused-ring (bicyclic) bond motifs is 1. The average Bonchev–Trinajstić information content (AvgIpc) is 3.69. The van der Waals surface area contributed by atoms with Crippen molar-refractivity contribution in [3.63, 3.8) is 0 Å². The second-order valence-corrected chi connectivity index (χ2v) is 12.8. The summed E-state index contributed by atoms with van der Waals surface area (Å²) < 4.78 is 5.77. The summed E-state index contributed by atoms with van der Waals surface area (Å²) in [6, 6.07) is 7.18. The molecule has 0 bridgehead atoms. The topological polar surface area (TPSA) is 104 Å². The minimum Gasteiger partial charge on any atom is -0.381 e. The fourth-order valence-corrected chi connectivity index (χ4v) is 6.70. The summed E-state index contributed by atoms with van der Waals surface area (Å²) in [5, 5.41) is 5.55. The zero-order valence-corrected chi connectivity index (χ0v) is 26.9. The van der Waals surface area contributed by atoms with E-state index >= 15 is 0 Å². The van der Waals surface area contributed by atoms with Gasteiger partial charge in [0.2, 0.25) is 11.8 Å². The van der Waals surface area contributed by atoms with E-state index in [9.17, 15) is 14.4 Å². The predicted molar refractivity (Wildman–Crippen MR) is 168 cm³/mol. The van der Waals surface area contributed by atoms with E-state index in [4.69, 9.17) is 9.57 Å². The van der Waals surface area contributed by atoms with E-state index in [2.05, 4.69) is 38.0 Å². The summed E-state index contributed by atoms with van der Waals surface area (Å²) >= 11 is 0. The van der Waals surface area contributed by atoms with Gasteiger partial charge < -0.3 is 19.9 Å². The van der Waals surface area contributed by atoms with Crippen LogP contribution in [0.4, 0.5) is 0 Å². The number of hydroxylamine groups is 2. The zero-order chi connectivity index (χ0) is 31.1. The zero-order valence-electron chi connectivity index (χ0n) is 26.9. The number of amides is 3. The van der Waals surface area contributed by atoms with Gasteiger partial charge in [0.1, 0.15) is 6.04 Å². The Morgan fingerprint density at radius 1 is 1.09 bits per heavy atom. The number of carbonyl (C=O) groups is 3. The molecule has 0 spiro atoms. The summed E-state index contributed by atoms with van der Waals surface area (Å²) in [6.07, 6.45) is 7.10. The minimum atomic E-state index is -0.759. The largest absolute Gasteiger partial charge is 0.381 e. The average molecular weight is 597 g/mol. The summed E-state index contributed by atoms with van der Waals surface area (Å²) in [5.41, 5.74) is 1.96. The highest BCUT2D eigenvalue weighted by atomic mass is 16.7. The van der Waals surface area contributed by atoms with Crippen molar-refractivity contribution in [2.45, 2.75) is 97.8 Å². The number of methoxy groups -OCH3 is 1. The highest BCUT2D eigenvalue weighted by molar-refractivity contribution is 5.90. The van der Waals surface area contributed by atoms with Gasteiger partial charge in [-0.15, -0.1) is 0 Å². The molecule has 7 atom stereocenters. The van der Waals surface area contributed by atoms with Crippen molar-refractivity contribution in [1.29, 1.82) is 0 Å². The standard InChI is InChI=1S/C34H52N4O5/c1-7-22(2)23(3)31(42-6)20-32(39)37-16-12-15-30(37)24(4)25(5)33(40)36-29(34(41)38-17-10-11-18-43-38)19-26-21-35-28-14-9-8-13-27(26)28/h8-9,13-14,21-25,29-31,35H,7,10-12,15-20H2,1-6H3,(H,36,40)/t22-,23-,24+,25+,29-,30?,31+/m0/s1. The van der Waals surface area contributed by atoms with Gasteiger partial charge >= 0.3 is 0 Å². The Morgan fingerprint density at radius 3 is 2.56 bits per heavy atom. The number of H-pyrrole nitrogens is 1. The maximum absolute atomic E-state index is 13.8. The lowest BCUT2D eigenvalue weighted by atomic mass is 9.85. The van der Waals surface area contributed by atoms with Gasteiger partial charge in [0.15, 0.2) is 0 Å². The molecular formula is C34H52N4O5. The van der Waals surface area contributed by atoms with Crippen LogP contribution in [0.15, 0.2) is 30.5 Å². The number of aromatic amines is 1. The van der Waals surface area contributed by atoms with Gasteiger partial charge in [0, 0.05) is 55.7 Å². The van der Waals surface area contributed by atoms with Crippen molar-refractivity contribution >= 4 is 28.6 Å². The molecule has 9 heteroatoms. The van der Waals surface area contributed by atoms with E-state index in [0.29, 0.717) is 38.5 Å². The molecule has 2 aromatic rings. The molecule has 2 aliphatic rings. The van der Waals surface area contributed by atoms with Crippen molar-refractivity contribution in [1.82, 2.24) is 20.3 Å². The lowest BCUT2D eigenvalue weighted by Gasteiger charge is -2.35. The van der Waals surface area contributed by atoms with Gasteiger partial charge in [-0.25, -0.2) is 5.06 Å². The molecule has 1 aromatic heterocycles. The number of nitrogens with zero attached hydrogens (tertiary/aromatic N) is 2. The molecule has 4 rings (SSSR count). The lowest BCUT2D eigenvalue weighted by molar-refractivity contribution is -0.199. The monoisotopic (exact) mass is 596 g/mol. The van der Waals surface area contributed by atoms with Crippen LogP contribution in [0.2, 0.25) is 0 Å². The Bertz CT molecular complexity index is 1220. The molecule has 2 aliphatic heterocycles. The molecule has 238 valence electrons. The molecular weight excluding hydrogens is 544 g/mol. The first kappa shape index (κ1) is 33.0. The summed E-state index contributed by atoms with van der Waals surface area (Å²) in [5.74, 6) is -0.0361. The third-order valence-electron chi connectivity index (χ3n) is 10.2. The smallest absolute Gasteiger partial charge is 0.269 e. The van der Waals surface area contributed by atoms with Gasteiger partial charge in [-0.2, -0.15) is 0 Å². The Balaban J connectivity index is 1.45. The van der Waals surface area contributed by atoms with E-state index in [-0.39, 0.29) is 41.7 Å². The number of hydrogen-bond acceptors (Lipinski definition) is 5. The van der Waals surface area contributed by atoms with Crippen LogP contribution in [0.25, 0.3) is 10.9 Å².